The second kappa shape index (κ2) is 8.67. The summed E-state index contributed by atoms with van der Waals surface area (Å²) in [5, 5.41) is 3.41. The summed E-state index contributed by atoms with van der Waals surface area (Å²) in [6.07, 6.45) is 0. The van der Waals surface area contributed by atoms with E-state index >= 15 is 0 Å². The van der Waals surface area contributed by atoms with E-state index in [-0.39, 0.29) is 23.5 Å². The van der Waals surface area contributed by atoms with Crippen LogP contribution in [0.4, 0.5) is 11.4 Å². The second-order valence-electron chi connectivity index (χ2n) is 8.34. The first-order valence-corrected chi connectivity index (χ1v) is 11.5. The maximum absolute atomic E-state index is 13.0. The first kappa shape index (κ1) is 21.3. The maximum Gasteiger partial charge on any atom is 0.259 e. The number of carbonyl (C=O) groups is 2. The van der Waals surface area contributed by atoms with Crippen LogP contribution in [-0.4, -0.2) is 39.5 Å². The van der Waals surface area contributed by atoms with Gasteiger partial charge in [-0.3, -0.25) is 14.6 Å². The predicted octanol–water partition coefficient (Wildman–Crippen LogP) is 4.80. The van der Waals surface area contributed by atoms with E-state index in [2.05, 4.69) is 24.2 Å². The van der Waals surface area contributed by atoms with E-state index in [1.807, 2.05) is 62.4 Å². The lowest BCUT2D eigenvalue weighted by Crippen LogP contribution is -2.42. The lowest BCUT2D eigenvalue weighted by Gasteiger charge is -2.25. The van der Waals surface area contributed by atoms with Crippen LogP contribution in [0.1, 0.15) is 44.7 Å². The summed E-state index contributed by atoms with van der Waals surface area (Å²) in [4.78, 5) is 36.5. The molecule has 7 heteroatoms. The number of thioether (sulfide) groups is 1. The predicted molar refractivity (Wildman–Crippen MR) is 127 cm³/mol. The number of rotatable bonds is 5. The number of carbonyl (C=O) groups excluding carboxylic acids is 2. The lowest BCUT2D eigenvalue weighted by atomic mass is 10.0. The molecule has 1 N–H and O–H groups in total. The number of fused-ring (bicyclic) bond motifs is 3. The van der Waals surface area contributed by atoms with Crippen LogP contribution in [0.25, 0.3) is 0 Å². The fourth-order valence-corrected chi connectivity index (χ4v) is 4.38. The quantitative estimate of drug-likeness (QED) is 0.735. The molecule has 0 unspecified atom stereocenters. The third-order valence-corrected chi connectivity index (χ3v) is 6.26. The highest BCUT2D eigenvalue weighted by Gasteiger charge is 2.42. The van der Waals surface area contributed by atoms with Gasteiger partial charge < -0.3 is 5.32 Å². The Morgan fingerprint density at radius 3 is 2.48 bits per heavy atom. The Morgan fingerprint density at radius 2 is 1.81 bits per heavy atom. The van der Waals surface area contributed by atoms with Gasteiger partial charge in [0, 0.05) is 11.3 Å². The number of aliphatic imine (C=N–C) groups is 2. The molecule has 4 rings (SSSR count). The molecule has 0 bridgehead atoms. The molecule has 2 aliphatic rings. The highest BCUT2D eigenvalue weighted by molar-refractivity contribution is 8.14. The first-order valence-electron chi connectivity index (χ1n) is 10.5. The molecule has 2 heterocycles. The monoisotopic (exact) mass is 434 g/mol. The molecule has 2 amide bonds. The summed E-state index contributed by atoms with van der Waals surface area (Å²) in [5.74, 6) is 1.07. The smallest absolute Gasteiger partial charge is 0.259 e. The van der Waals surface area contributed by atoms with Crippen LogP contribution in [0.3, 0.4) is 0 Å². The third kappa shape index (κ3) is 4.28. The number of amidine groups is 2. The number of para-hydroxylation sites is 1. The summed E-state index contributed by atoms with van der Waals surface area (Å²) in [7, 11) is 0. The Morgan fingerprint density at radius 1 is 1.10 bits per heavy atom. The number of hydrogen-bond acceptors (Lipinski definition) is 5. The summed E-state index contributed by atoms with van der Waals surface area (Å²) < 4.78 is 0. The maximum atomic E-state index is 13.0. The van der Waals surface area contributed by atoms with Crippen LogP contribution >= 0.6 is 11.8 Å². The Labute approximate surface area is 186 Å². The molecule has 0 aliphatic carbocycles. The van der Waals surface area contributed by atoms with E-state index < -0.39 is 6.04 Å². The largest absolute Gasteiger partial charge is 0.325 e. The minimum atomic E-state index is -0.430. The average molecular weight is 435 g/mol. The van der Waals surface area contributed by atoms with Crippen LogP contribution in [-0.2, 0) is 9.59 Å². The van der Waals surface area contributed by atoms with E-state index in [0.29, 0.717) is 16.9 Å². The minimum Gasteiger partial charge on any atom is -0.325 e. The molecule has 2 aromatic rings. The molecule has 160 valence electrons. The van der Waals surface area contributed by atoms with Gasteiger partial charge in [-0.05, 0) is 41.7 Å². The van der Waals surface area contributed by atoms with Crippen molar-refractivity contribution in [2.24, 2.45) is 15.9 Å². The van der Waals surface area contributed by atoms with Crippen molar-refractivity contribution in [2.45, 2.75) is 39.7 Å². The SMILES string of the molecule is CC(C)c1ccc(NC(=O)CSC2=Nc3ccccc3C3=N[C@H](C(C)C)C(=O)N23)cc1. The third-order valence-electron chi connectivity index (χ3n) is 5.32. The molecule has 0 saturated carbocycles. The fraction of sp³-hybridized carbons (Fsp3) is 0.333. The number of nitrogens with one attached hydrogen (secondary N) is 1. The summed E-state index contributed by atoms with van der Waals surface area (Å²) >= 11 is 1.25. The standard InChI is InChI=1S/C24H26N4O2S/c1-14(2)16-9-11-17(12-10-16)25-20(29)13-31-24-26-19-8-6-5-7-18(19)22-27-21(15(3)4)23(30)28(22)24/h5-12,14-15,21H,13H2,1-4H3,(H,25,29)/t21-/m1/s1. The van der Waals surface area contributed by atoms with E-state index in [1.165, 1.54) is 17.3 Å². The Hall–Kier alpha value is -2.93. The van der Waals surface area contributed by atoms with Crippen molar-refractivity contribution in [2.75, 3.05) is 11.1 Å². The minimum absolute atomic E-state index is 0.0844. The van der Waals surface area contributed by atoms with Gasteiger partial charge in [0.1, 0.15) is 11.9 Å². The van der Waals surface area contributed by atoms with Crippen molar-refractivity contribution < 1.29 is 9.59 Å². The Bertz CT molecular complexity index is 1070. The lowest BCUT2D eigenvalue weighted by molar-refractivity contribution is -0.125. The Balaban J connectivity index is 1.50. The second-order valence-corrected chi connectivity index (χ2v) is 9.28. The van der Waals surface area contributed by atoms with Gasteiger partial charge in [0.05, 0.1) is 11.4 Å². The molecule has 0 saturated heterocycles. The van der Waals surface area contributed by atoms with Crippen molar-refractivity contribution in [3.63, 3.8) is 0 Å². The molecule has 0 aromatic heterocycles. The van der Waals surface area contributed by atoms with Gasteiger partial charge in [0.25, 0.3) is 5.91 Å². The fourth-order valence-electron chi connectivity index (χ4n) is 3.58. The molecule has 0 spiro atoms. The van der Waals surface area contributed by atoms with Crippen molar-refractivity contribution in [3.8, 4) is 0 Å². The van der Waals surface area contributed by atoms with Gasteiger partial charge in [0.2, 0.25) is 5.91 Å². The normalized spacial score (nSPS) is 17.4. The summed E-state index contributed by atoms with van der Waals surface area (Å²) in [5.41, 5.74) is 3.59. The van der Waals surface area contributed by atoms with Crippen LogP contribution in [0.5, 0.6) is 0 Å². The highest BCUT2D eigenvalue weighted by Crippen LogP contribution is 2.34. The van der Waals surface area contributed by atoms with Crippen molar-refractivity contribution in [1.29, 1.82) is 0 Å². The van der Waals surface area contributed by atoms with Gasteiger partial charge in [-0.1, -0.05) is 63.7 Å². The van der Waals surface area contributed by atoms with E-state index in [9.17, 15) is 9.59 Å². The van der Waals surface area contributed by atoms with Gasteiger partial charge in [-0.15, -0.1) is 0 Å². The summed E-state index contributed by atoms with van der Waals surface area (Å²) in [6, 6.07) is 15.1. The molecule has 2 aromatic carbocycles. The van der Waals surface area contributed by atoms with Gasteiger partial charge in [-0.2, -0.15) is 0 Å². The van der Waals surface area contributed by atoms with Crippen LogP contribution < -0.4 is 5.32 Å². The van der Waals surface area contributed by atoms with E-state index in [4.69, 9.17) is 4.99 Å². The number of amides is 2. The molecular formula is C24H26N4O2S. The zero-order chi connectivity index (χ0) is 22.1. The Kier molecular flexibility index (Phi) is 5.96. The van der Waals surface area contributed by atoms with Gasteiger partial charge in [-0.25, -0.2) is 9.89 Å². The number of anilines is 1. The molecule has 6 nitrogen and oxygen atoms in total. The summed E-state index contributed by atoms with van der Waals surface area (Å²) in [6.45, 7) is 8.24. The van der Waals surface area contributed by atoms with Crippen LogP contribution in [0.2, 0.25) is 0 Å². The first-order chi connectivity index (χ1) is 14.8. The van der Waals surface area contributed by atoms with E-state index in [0.717, 1.165) is 16.9 Å². The average Bonchev–Trinajstić information content (AvgIpc) is 3.10. The zero-order valence-corrected chi connectivity index (χ0v) is 18.9. The number of nitrogens with zero attached hydrogens (tertiary/aromatic N) is 3. The van der Waals surface area contributed by atoms with Crippen LogP contribution in [0.15, 0.2) is 58.5 Å². The van der Waals surface area contributed by atoms with Crippen molar-refractivity contribution in [3.05, 3.63) is 59.7 Å². The van der Waals surface area contributed by atoms with Gasteiger partial charge >= 0.3 is 0 Å². The molecule has 2 aliphatic heterocycles. The topological polar surface area (TPSA) is 74.1 Å². The molecule has 0 fully saturated rings. The van der Waals surface area contributed by atoms with Crippen LogP contribution in [0, 0.1) is 5.92 Å². The van der Waals surface area contributed by atoms with Crippen molar-refractivity contribution >= 4 is 46.0 Å². The van der Waals surface area contributed by atoms with Crippen molar-refractivity contribution in [1.82, 2.24) is 4.90 Å². The molecule has 31 heavy (non-hydrogen) atoms. The molecule has 1 atom stereocenters. The van der Waals surface area contributed by atoms with E-state index in [1.54, 1.807) is 4.90 Å². The zero-order valence-electron chi connectivity index (χ0n) is 18.1. The molecular weight excluding hydrogens is 408 g/mol. The van der Waals surface area contributed by atoms with Gasteiger partial charge in [0.15, 0.2) is 5.17 Å². The number of hydrogen-bond donors (Lipinski definition) is 1. The number of benzene rings is 2. The highest BCUT2D eigenvalue weighted by atomic mass is 32.2. The molecule has 0 radical (unpaired) electrons.